The normalized spacial score (nSPS) is 15.4. The molecular weight excluding hydrogens is 289 g/mol. The molecular formula is C12H9BrFNS. The van der Waals surface area contributed by atoms with Crippen molar-refractivity contribution >= 4 is 27.3 Å². The van der Waals surface area contributed by atoms with Crippen LogP contribution in [0.5, 0.6) is 0 Å². The second-order valence-electron chi connectivity index (χ2n) is 3.95. The zero-order chi connectivity index (χ0) is 11.1. The van der Waals surface area contributed by atoms with E-state index in [1.165, 1.54) is 30.2 Å². The number of benzene rings is 1. The Morgan fingerprint density at radius 3 is 2.88 bits per heavy atom. The highest BCUT2D eigenvalue weighted by Crippen LogP contribution is 2.42. The summed E-state index contributed by atoms with van der Waals surface area (Å²) >= 11 is 4.89. The summed E-state index contributed by atoms with van der Waals surface area (Å²) in [6, 6.07) is 5.01. The Hall–Kier alpha value is -0.740. The summed E-state index contributed by atoms with van der Waals surface area (Å²) in [4.78, 5) is 4.51. The highest BCUT2D eigenvalue weighted by atomic mass is 79.9. The van der Waals surface area contributed by atoms with Crippen LogP contribution in [0.3, 0.4) is 0 Å². The van der Waals surface area contributed by atoms with Crippen molar-refractivity contribution in [1.29, 1.82) is 0 Å². The summed E-state index contributed by atoms with van der Waals surface area (Å²) in [7, 11) is 0. The predicted molar refractivity (Wildman–Crippen MR) is 67.2 cm³/mol. The summed E-state index contributed by atoms with van der Waals surface area (Å²) in [6.07, 6.45) is 2.45. The minimum atomic E-state index is -0.217. The molecule has 0 unspecified atom stereocenters. The van der Waals surface area contributed by atoms with E-state index >= 15 is 0 Å². The van der Waals surface area contributed by atoms with Crippen LogP contribution in [0.1, 0.15) is 24.5 Å². The Morgan fingerprint density at radius 2 is 2.19 bits per heavy atom. The maximum Gasteiger partial charge on any atom is 0.134 e. The van der Waals surface area contributed by atoms with Gasteiger partial charge in [0.25, 0.3) is 0 Å². The minimum Gasteiger partial charge on any atom is -0.241 e. The molecule has 0 N–H and O–H groups in total. The Kier molecular flexibility index (Phi) is 2.56. The van der Waals surface area contributed by atoms with Gasteiger partial charge in [-0.1, -0.05) is 6.07 Å². The van der Waals surface area contributed by atoms with Gasteiger partial charge in [0.1, 0.15) is 10.8 Å². The van der Waals surface area contributed by atoms with Crippen LogP contribution in [0.4, 0.5) is 4.39 Å². The molecule has 0 spiro atoms. The maximum absolute atomic E-state index is 13.7. The summed E-state index contributed by atoms with van der Waals surface area (Å²) in [5.74, 6) is 0.404. The first kappa shape index (κ1) is 10.4. The van der Waals surface area contributed by atoms with E-state index in [4.69, 9.17) is 0 Å². The molecule has 0 amide bonds. The third kappa shape index (κ3) is 1.80. The third-order valence-electron chi connectivity index (χ3n) is 2.69. The van der Waals surface area contributed by atoms with Gasteiger partial charge in [-0.05, 0) is 40.9 Å². The van der Waals surface area contributed by atoms with Crippen LogP contribution < -0.4 is 0 Å². The number of thiazole rings is 1. The highest BCUT2D eigenvalue weighted by molar-refractivity contribution is 9.10. The first-order valence-electron chi connectivity index (χ1n) is 5.15. The number of hydrogen-bond acceptors (Lipinski definition) is 2. The van der Waals surface area contributed by atoms with E-state index in [1.807, 2.05) is 11.4 Å². The Morgan fingerprint density at radius 1 is 1.38 bits per heavy atom. The fraction of sp³-hybridized carbons (Fsp3) is 0.250. The quantitative estimate of drug-likeness (QED) is 0.790. The number of nitrogens with zero attached hydrogens (tertiary/aromatic N) is 1. The minimum absolute atomic E-state index is 0.217. The molecule has 0 atom stereocenters. The molecule has 2 aromatic rings. The molecule has 1 nitrogen and oxygen atoms in total. The molecule has 1 aliphatic carbocycles. The second-order valence-corrected chi connectivity index (χ2v) is 5.66. The van der Waals surface area contributed by atoms with E-state index in [0.717, 1.165) is 15.2 Å². The smallest absolute Gasteiger partial charge is 0.134 e. The van der Waals surface area contributed by atoms with E-state index in [0.29, 0.717) is 11.5 Å². The second kappa shape index (κ2) is 3.93. The fourth-order valence-electron chi connectivity index (χ4n) is 1.67. The molecule has 0 radical (unpaired) electrons. The van der Waals surface area contributed by atoms with Crippen LogP contribution in [0, 0.1) is 5.82 Å². The SMILES string of the molecule is Fc1cccc(Br)c1-c1nc(C2CC2)cs1. The molecule has 1 heterocycles. The molecule has 16 heavy (non-hydrogen) atoms. The number of halogens is 2. The Bertz CT molecular complexity index is 513. The van der Waals surface area contributed by atoms with Crippen LogP contribution in [-0.2, 0) is 0 Å². The van der Waals surface area contributed by atoms with E-state index in [9.17, 15) is 4.39 Å². The summed E-state index contributed by atoms with van der Waals surface area (Å²) in [6.45, 7) is 0. The zero-order valence-corrected chi connectivity index (χ0v) is 10.8. The number of aromatic nitrogens is 1. The van der Waals surface area contributed by atoms with E-state index in [1.54, 1.807) is 6.07 Å². The van der Waals surface area contributed by atoms with Crippen molar-refractivity contribution in [1.82, 2.24) is 4.98 Å². The van der Waals surface area contributed by atoms with Crippen molar-refractivity contribution in [3.8, 4) is 10.6 Å². The maximum atomic E-state index is 13.7. The van der Waals surface area contributed by atoms with Crippen molar-refractivity contribution in [2.75, 3.05) is 0 Å². The third-order valence-corrected chi connectivity index (χ3v) is 4.23. The van der Waals surface area contributed by atoms with Gasteiger partial charge in [0, 0.05) is 15.8 Å². The zero-order valence-electron chi connectivity index (χ0n) is 8.41. The van der Waals surface area contributed by atoms with Crippen molar-refractivity contribution < 1.29 is 4.39 Å². The summed E-state index contributed by atoms with van der Waals surface area (Å²) < 4.78 is 14.5. The summed E-state index contributed by atoms with van der Waals surface area (Å²) in [5, 5.41) is 2.82. The van der Waals surface area contributed by atoms with Gasteiger partial charge < -0.3 is 0 Å². The van der Waals surface area contributed by atoms with Gasteiger partial charge >= 0.3 is 0 Å². The van der Waals surface area contributed by atoms with E-state index in [-0.39, 0.29) is 5.82 Å². The molecule has 1 saturated carbocycles. The Balaban J connectivity index is 2.06. The van der Waals surface area contributed by atoms with Crippen molar-refractivity contribution in [3.05, 3.63) is 39.6 Å². The van der Waals surface area contributed by atoms with Gasteiger partial charge in [-0.15, -0.1) is 11.3 Å². The van der Waals surface area contributed by atoms with Gasteiger partial charge in [0.05, 0.1) is 11.3 Å². The van der Waals surface area contributed by atoms with Gasteiger partial charge in [-0.3, -0.25) is 0 Å². The molecule has 82 valence electrons. The molecule has 0 saturated heterocycles. The number of hydrogen-bond donors (Lipinski definition) is 0. The average molecular weight is 298 g/mol. The molecule has 1 aromatic heterocycles. The topological polar surface area (TPSA) is 12.9 Å². The summed E-state index contributed by atoms with van der Waals surface area (Å²) in [5.41, 5.74) is 1.70. The first-order chi connectivity index (χ1) is 7.75. The van der Waals surface area contributed by atoms with Crippen LogP contribution in [0.2, 0.25) is 0 Å². The highest BCUT2D eigenvalue weighted by Gasteiger charge is 2.26. The lowest BCUT2D eigenvalue weighted by Crippen LogP contribution is -1.86. The molecule has 4 heteroatoms. The van der Waals surface area contributed by atoms with E-state index in [2.05, 4.69) is 20.9 Å². The molecule has 1 fully saturated rings. The average Bonchev–Trinajstić information content (AvgIpc) is 2.99. The lowest BCUT2D eigenvalue weighted by molar-refractivity contribution is 0.630. The van der Waals surface area contributed by atoms with Crippen molar-refractivity contribution in [2.24, 2.45) is 0 Å². The van der Waals surface area contributed by atoms with Gasteiger partial charge in [0.2, 0.25) is 0 Å². The van der Waals surface area contributed by atoms with E-state index < -0.39 is 0 Å². The van der Waals surface area contributed by atoms with Gasteiger partial charge in [-0.2, -0.15) is 0 Å². The predicted octanol–water partition coefficient (Wildman–Crippen LogP) is 4.59. The lowest BCUT2D eigenvalue weighted by Gasteiger charge is -2.01. The Labute approximate surface area is 105 Å². The number of rotatable bonds is 2. The van der Waals surface area contributed by atoms with Crippen molar-refractivity contribution in [3.63, 3.8) is 0 Å². The molecule has 1 aromatic carbocycles. The monoisotopic (exact) mass is 297 g/mol. The first-order valence-corrected chi connectivity index (χ1v) is 6.83. The van der Waals surface area contributed by atoms with Crippen LogP contribution in [0.25, 0.3) is 10.6 Å². The lowest BCUT2D eigenvalue weighted by atomic mass is 10.2. The van der Waals surface area contributed by atoms with Gasteiger partial charge in [0.15, 0.2) is 0 Å². The largest absolute Gasteiger partial charge is 0.241 e. The standard InChI is InChI=1S/C12H9BrFNS/c13-8-2-1-3-9(14)11(8)12-15-10(6-16-12)7-4-5-7/h1-3,6-7H,4-5H2. The molecule has 3 rings (SSSR count). The molecule has 0 aliphatic heterocycles. The van der Waals surface area contributed by atoms with Crippen LogP contribution >= 0.6 is 27.3 Å². The molecule has 1 aliphatic rings. The van der Waals surface area contributed by atoms with Crippen LogP contribution in [0.15, 0.2) is 28.1 Å². The van der Waals surface area contributed by atoms with Crippen molar-refractivity contribution in [2.45, 2.75) is 18.8 Å². The molecule has 0 bridgehead atoms. The van der Waals surface area contributed by atoms with Gasteiger partial charge in [-0.25, -0.2) is 9.37 Å². The fourth-order valence-corrected chi connectivity index (χ4v) is 3.29. The van der Waals surface area contributed by atoms with Crippen LogP contribution in [-0.4, -0.2) is 4.98 Å².